The lowest BCUT2D eigenvalue weighted by Gasteiger charge is -2.15. The highest BCUT2D eigenvalue weighted by atomic mass is 16.5. The molecule has 1 atom stereocenters. The van der Waals surface area contributed by atoms with Gasteiger partial charge >= 0.3 is 5.97 Å². The highest BCUT2D eigenvalue weighted by Crippen LogP contribution is 2.28. The number of amides is 1. The number of carbonyl (C=O) groups excluding carboxylic acids is 1. The quantitative estimate of drug-likeness (QED) is 0.382. The molecular weight excluding hydrogens is 446 g/mol. The van der Waals surface area contributed by atoms with Gasteiger partial charge in [0.1, 0.15) is 18.4 Å². The molecular formula is C28H29NO6. The number of allylic oxidation sites excluding steroid dienone is 1. The summed E-state index contributed by atoms with van der Waals surface area (Å²) in [7, 11) is 3.03. The number of carboxylic acid groups (broad SMARTS) is 1. The van der Waals surface area contributed by atoms with Crippen molar-refractivity contribution in [1.29, 1.82) is 0 Å². The number of hydrogen-bond acceptors (Lipinski definition) is 5. The van der Waals surface area contributed by atoms with Crippen LogP contribution >= 0.6 is 0 Å². The van der Waals surface area contributed by atoms with Gasteiger partial charge in [0, 0.05) is 6.42 Å². The summed E-state index contributed by atoms with van der Waals surface area (Å²) in [6, 6.07) is 21.6. The molecule has 0 aliphatic carbocycles. The Hall–Kier alpha value is -4.26. The lowest BCUT2D eigenvalue weighted by molar-refractivity contribution is -0.141. The van der Waals surface area contributed by atoms with Crippen LogP contribution in [0.1, 0.15) is 16.7 Å². The van der Waals surface area contributed by atoms with Crippen molar-refractivity contribution in [1.82, 2.24) is 5.32 Å². The summed E-state index contributed by atoms with van der Waals surface area (Å²) in [5.74, 6) is 0.217. The van der Waals surface area contributed by atoms with Crippen LogP contribution in [0.25, 0.3) is 0 Å². The van der Waals surface area contributed by atoms with E-state index in [-0.39, 0.29) is 6.42 Å². The largest absolute Gasteiger partial charge is 0.493 e. The Labute approximate surface area is 205 Å². The van der Waals surface area contributed by atoms with Gasteiger partial charge in [-0.05, 0) is 53.5 Å². The van der Waals surface area contributed by atoms with Crippen molar-refractivity contribution in [2.24, 2.45) is 0 Å². The van der Waals surface area contributed by atoms with Crippen molar-refractivity contribution in [2.75, 3.05) is 14.2 Å². The summed E-state index contributed by atoms with van der Waals surface area (Å²) in [6.07, 6.45) is 3.69. The summed E-state index contributed by atoms with van der Waals surface area (Å²) >= 11 is 0. The van der Waals surface area contributed by atoms with Crippen molar-refractivity contribution in [2.45, 2.75) is 25.5 Å². The Kier molecular flexibility index (Phi) is 9.31. The maximum Gasteiger partial charge on any atom is 0.326 e. The first-order chi connectivity index (χ1) is 17.0. The van der Waals surface area contributed by atoms with Crippen LogP contribution in [0.4, 0.5) is 0 Å². The summed E-state index contributed by atoms with van der Waals surface area (Å²) in [5, 5.41) is 12.1. The van der Waals surface area contributed by atoms with Crippen molar-refractivity contribution in [3.63, 3.8) is 0 Å². The fourth-order valence-corrected chi connectivity index (χ4v) is 3.43. The lowest BCUT2D eigenvalue weighted by atomic mass is 10.0. The second-order valence-corrected chi connectivity index (χ2v) is 7.82. The molecule has 35 heavy (non-hydrogen) atoms. The fourth-order valence-electron chi connectivity index (χ4n) is 3.43. The number of nitrogens with one attached hydrogen (secondary N) is 1. The molecule has 0 aromatic heterocycles. The number of hydrogen-bond donors (Lipinski definition) is 2. The molecule has 0 aliphatic rings. The minimum atomic E-state index is -1.12. The van der Waals surface area contributed by atoms with E-state index in [1.807, 2.05) is 54.6 Å². The topological polar surface area (TPSA) is 94.1 Å². The number of ether oxygens (including phenoxy) is 3. The van der Waals surface area contributed by atoms with Gasteiger partial charge in [0.15, 0.2) is 11.5 Å². The minimum absolute atomic E-state index is 0.111. The number of methoxy groups -OCH3 is 2. The Morgan fingerprint density at radius 3 is 2.23 bits per heavy atom. The molecule has 2 N–H and O–H groups in total. The van der Waals surface area contributed by atoms with Crippen molar-refractivity contribution >= 4 is 11.9 Å². The van der Waals surface area contributed by atoms with Crippen LogP contribution in [0.5, 0.6) is 17.2 Å². The van der Waals surface area contributed by atoms with Crippen LogP contribution < -0.4 is 19.5 Å². The van der Waals surface area contributed by atoms with E-state index in [0.29, 0.717) is 30.1 Å². The average Bonchev–Trinajstić information content (AvgIpc) is 2.88. The van der Waals surface area contributed by atoms with Gasteiger partial charge in [0.2, 0.25) is 5.91 Å². The number of carbonyl (C=O) groups is 2. The van der Waals surface area contributed by atoms with Gasteiger partial charge in [-0.15, -0.1) is 0 Å². The normalized spacial score (nSPS) is 11.6. The first-order valence-electron chi connectivity index (χ1n) is 11.1. The Morgan fingerprint density at radius 2 is 1.57 bits per heavy atom. The molecule has 0 aliphatic heterocycles. The third kappa shape index (κ3) is 7.92. The fraction of sp³-hybridized carbons (Fsp3) is 0.214. The van der Waals surface area contributed by atoms with Crippen LogP contribution in [-0.2, 0) is 29.0 Å². The van der Waals surface area contributed by atoms with E-state index in [2.05, 4.69) is 5.32 Å². The van der Waals surface area contributed by atoms with Crippen LogP contribution in [-0.4, -0.2) is 37.2 Å². The average molecular weight is 476 g/mol. The zero-order valence-corrected chi connectivity index (χ0v) is 19.8. The maximum absolute atomic E-state index is 12.3. The van der Waals surface area contributed by atoms with Gasteiger partial charge in [0.25, 0.3) is 0 Å². The van der Waals surface area contributed by atoms with Crippen molar-refractivity contribution in [3.8, 4) is 17.2 Å². The summed E-state index contributed by atoms with van der Waals surface area (Å²) < 4.78 is 16.2. The Morgan fingerprint density at radius 1 is 0.886 bits per heavy atom. The standard InChI is InChI=1S/C28H29NO6/c1-33-25-16-13-22(18-26(25)34-2)17-24(28(31)32)29-27(30)10-6-9-20-11-14-23(15-12-20)35-19-21-7-4-3-5-8-21/h3-8,10-16,18,24H,9,17,19H2,1-2H3,(H,29,30)(H,31,32)/b10-6+. The monoisotopic (exact) mass is 475 g/mol. The number of aliphatic carboxylic acids is 1. The summed E-state index contributed by atoms with van der Waals surface area (Å²) in [6.45, 7) is 0.494. The Bertz CT molecular complexity index is 1140. The first kappa shape index (κ1) is 25.4. The van der Waals surface area contributed by atoms with Crippen LogP contribution in [0, 0.1) is 0 Å². The van der Waals surface area contributed by atoms with Crippen molar-refractivity contribution < 1.29 is 28.9 Å². The predicted octanol–water partition coefficient (Wildman–Crippen LogP) is 4.19. The van der Waals surface area contributed by atoms with Crippen LogP contribution in [0.15, 0.2) is 84.9 Å². The van der Waals surface area contributed by atoms with Crippen LogP contribution in [0.2, 0.25) is 0 Å². The molecule has 0 bridgehead atoms. The molecule has 0 saturated carbocycles. The molecule has 7 heteroatoms. The zero-order valence-electron chi connectivity index (χ0n) is 19.8. The molecule has 0 spiro atoms. The van der Waals surface area contributed by atoms with E-state index < -0.39 is 17.9 Å². The van der Waals surface area contributed by atoms with Gasteiger partial charge < -0.3 is 24.6 Å². The van der Waals surface area contributed by atoms with E-state index in [0.717, 1.165) is 16.9 Å². The molecule has 1 unspecified atom stereocenters. The van der Waals surface area contributed by atoms with Gasteiger partial charge in [-0.3, -0.25) is 4.79 Å². The summed E-state index contributed by atoms with van der Waals surface area (Å²) in [5.41, 5.74) is 2.80. The number of carboxylic acids is 1. The van der Waals surface area contributed by atoms with Gasteiger partial charge in [-0.1, -0.05) is 54.6 Å². The second kappa shape index (κ2) is 12.8. The molecule has 7 nitrogen and oxygen atoms in total. The molecule has 3 aromatic carbocycles. The van der Waals surface area contributed by atoms with E-state index in [9.17, 15) is 14.7 Å². The molecule has 0 fully saturated rings. The molecule has 3 rings (SSSR count). The predicted molar refractivity (Wildman–Crippen MR) is 133 cm³/mol. The van der Waals surface area contributed by atoms with E-state index in [1.165, 1.54) is 20.3 Å². The number of rotatable bonds is 12. The molecule has 0 radical (unpaired) electrons. The van der Waals surface area contributed by atoms with E-state index in [4.69, 9.17) is 14.2 Å². The number of benzene rings is 3. The SMILES string of the molecule is COc1ccc(CC(NC(=O)/C=C/Cc2ccc(OCc3ccccc3)cc2)C(=O)O)cc1OC. The molecule has 182 valence electrons. The second-order valence-electron chi connectivity index (χ2n) is 7.82. The molecule has 0 heterocycles. The Balaban J connectivity index is 1.50. The summed E-state index contributed by atoms with van der Waals surface area (Å²) in [4.78, 5) is 24.0. The third-order valence-corrected chi connectivity index (χ3v) is 5.30. The highest BCUT2D eigenvalue weighted by molar-refractivity contribution is 5.91. The minimum Gasteiger partial charge on any atom is -0.493 e. The van der Waals surface area contributed by atoms with Gasteiger partial charge in [-0.25, -0.2) is 4.79 Å². The van der Waals surface area contributed by atoms with E-state index in [1.54, 1.807) is 24.3 Å². The van der Waals surface area contributed by atoms with Crippen molar-refractivity contribution in [3.05, 3.63) is 102 Å². The van der Waals surface area contributed by atoms with Gasteiger partial charge in [0.05, 0.1) is 14.2 Å². The molecule has 3 aromatic rings. The first-order valence-corrected chi connectivity index (χ1v) is 11.1. The maximum atomic E-state index is 12.3. The smallest absolute Gasteiger partial charge is 0.326 e. The van der Waals surface area contributed by atoms with Gasteiger partial charge in [-0.2, -0.15) is 0 Å². The third-order valence-electron chi connectivity index (χ3n) is 5.30. The van der Waals surface area contributed by atoms with E-state index >= 15 is 0 Å². The highest BCUT2D eigenvalue weighted by Gasteiger charge is 2.20. The molecule has 0 saturated heterocycles. The lowest BCUT2D eigenvalue weighted by Crippen LogP contribution is -2.41. The molecule has 1 amide bonds. The zero-order chi connectivity index (χ0) is 25.0. The van der Waals surface area contributed by atoms with Crippen LogP contribution in [0.3, 0.4) is 0 Å².